The van der Waals surface area contributed by atoms with Crippen LogP contribution in [0.15, 0.2) is 55.0 Å². The van der Waals surface area contributed by atoms with Crippen LogP contribution in [0.3, 0.4) is 0 Å². The molecule has 0 aliphatic rings. The normalized spacial score (nSPS) is 10.6. The lowest BCUT2D eigenvalue weighted by atomic mass is 10.1. The molecule has 0 bridgehead atoms. The minimum absolute atomic E-state index is 0.166. The van der Waals surface area contributed by atoms with Gasteiger partial charge in [-0.05, 0) is 36.2 Å². The van der Waals surface area contributed by atoms with E-state index in [4.69, 9.17) is 0 Å². The standard InChI is InChI=1S/C17H18N4O/c1-3-13-6-8-14(9-7-13)19-16(22)15-12-18-20(2)17(15)21-10-4-5-11-21/h4-12H,3H2,1-2H3,(H,19,22). The van der Waals surface area contributed by atoms with Crippen molar-refractivity contribution in [3.05, 3.63) is 66.1 Å². The Morgan fingerprint density at radius 1 is 1.18 bits per heavy atom. The number of amides is 1. The van der Waals surface area contributed by atoms with Gasteiger partial charge in [0.15, 0.2) is 0 Å². The molecule has 2 aromatic heterocycles. The largest absolute Gasteiger partial charge is 0.322 e. The number of rotatable bonds is 4. The van der Waals surface area contributed by atoms with Crippen LogP contribution in [0.5, 0.6) is 0 Å². The molecule has 22 heavy (non-hydrogen) atoms. The van der Waals surface area contributed by atoms with E-state index in [1.54, 1.807) is 10.9 Å². The molecule has 112 valence electrons. The van der Waals surface area contributed by atoms with Crippen molar-refractivity contribution in [1.29, 1.82) is 0 Å². The maximum atomic E-state index is 12.5. The van der Waals surface area contributed by atoms with Crippen molar-refractivity contribution in [1.82, 2.24) is 14.3 Å². The van der Waals surface area contributed by atoms with Crippen LogP contribution >= 0.6 is 0 Å². The zero-order chi connectivity index (χ0) is 15.5. The van der Waals surface area contributed by atoms with Gasteiger partial charge in [0.25, 0.3) is 5.91 Å². The van der Waals surface area contributed by atoms with Crippen LogP contribution in [0.4, 0.5) is 5.69 Å². The summed E-state index contributed by atoms with van der Waals surface area (Å²) in [6.45, 7) is 2.10. The Morgan fingerprint density at radius 2 is 1.86 bits per heavy atom. The van der Waals surface area contributed by atoms with Gasteiger partial charge in [0.1, 0.15) is 11.4 Å². The van der Waals surface area contributed by atoms with Crippen molar-refractivity contribution in [2.45, 2.75) is 13.3 Å². The van der Waals surface area contributed by atoms with Gasteiger partial charge in [-0.1, -0.05) is 19.1 Å². The van der Waals surface area contributed by atoms with E-state index < -0.39 is 0 Å². The maximum Gasteiger partial charge on any atom is 0.261 e. The highest BCUT2D eigenvalue weighted by Crippen LogP contribution is 2.17. The third-order valence-corrected chi connectivity index (χ3v) is 3.62. The van der Waals surface area contributed by atoms with Crippen LogP contribution in [-0.2, 0) is 13.5 Å². The Morgan fingerprint density at radius 3 is 2.50 bits per heavy atom. The second-order valence-corrected chi connectivity index (χ2v) is 5.10. The first kappa shape index (κ1) is 14.1. The molecule has 0 radical (unpaired) electrons. The molecule has 0 spiro atoms. The minimum atomic E-state index is -0.166. The van der Waals surface area contributed by atoms with Gasteiger partial charge in [-0.15, -0.1) is 0 Å². The quantitative estimate of drug-likeness (QED) is 0.804. The predicted octanol–water partition coefficient (Wildman–Crippen LogP) is 3.03. The number of nitrogens with zero attached hydrogens (tertiary/aromatic N) is 3. The fourth-order valence-corrected chi connectivity index (χ4v) is 2.40. The first-order valence-electron chi connectivity index (χ1n) is 7.24. The second-order valence-electron chi connectivity index (χ2n) is 5.10. The van der Waals surface area contributed by atoms with Gasteiger partial charge in [0.05, 0.1) is 6.20 Å². The van der Waals surface area contributed by atoms with E-state index in [-0.39, 0.29) is 5.91 Å². The average molecular weight is 294 g/mol. The number of aryl methyl sites for hydroxylation is 2. The fraction of sp³-hybridized carbons (Fsp3) is 0.176. The highest BCUT2D eigenvalue weighted by atomic mass is 16.1. The van der Waals surface area contributed by atoms with Gasteiger partial charge in [0, 0.05) is 25.1 Å². The lowest BCUT2D eigenvalue weighted by Crippen LogP contribution is -2.14. The molecule has 1 amide bonds. The van der Waals surface area contributed by atoms with Crippen LogP contribution in [0.25, 0.3) is 5.82 Å². The van der Waals surface area contributed by atoms with Crippen molar-refractivity contribution >= 4 is 11.6 Å². The predicted molar refractivity (Wildman–Crippen MR) is 86.3 cm³/mol. The fourth-order valence-electron chi connectivity index (χ4n) is 2.40. The molecule has 1 aromatic carbocycles. The van der Waals surface area contributed by atoms with E-state index in [2.05, 4.69) is 17.3 Å². The zero-order valence-electron chi connectivity index (χ0n) is 12.7. The van der Waals surface area contributed by atoms with Gasteiger partial charge in [0.2, 0.25) is 0 Å². The Hall–Kier alpha value is -2.82. The number of aromatic nitrogens is 3. The highest BCUT2D eigenvalue weighted by molar-refractivity contribution is 6.06. The number of benzene rings is 1. The van der Waals surface area contributed by atoms with Crippen molar-refractivity contribution < 1.29 is 4.79 Å². The van der Waals surface area contributed by atoms with Gasteiger partial charge in [-0.3, -0.25) is 9.48 Å². The van der Waals surface area contributed by atoms with Crippen LogP contribution in [0.2, 0.25) is 0 Å². The smallest absolute Gasteiger partial charge is 0.261 e. The molecule has 1 N–H and O–H groups in total. The number of carbonyl (C=O) groups is 1. The molecule has 0 saturated carbocycles. The summed E-state index contributed by atoms with van der Waals surface area (Å²) in [5.41, 5.74) is 2.56. The SMILES string of the molecule is CCc1ccc(NC(=O)c2cnn(C)c2-n2cccc2)cc1. The van der Waals surface area contributed by atoms with E-state index in [1.807, 2.05) is 60.4 Å². The van der Waals surface area contributed by atoms with Crippen molar-refractivity contribution in [3.63, 3.8) is 0 Å². The maximum absolute atomic E-state index is 12.5. The van der Waals surface area contributed by atoms with E-state index >= 15 is 0 Å². The molecule has 5 nitrogen and oxygen atoms in total. The van der Waals surface area contributed by atoms with Crippen LogP contribution < -0.4 is 5.32 Å². The molecular weight excluding hydrogens is 276 g/mol. The molecule has 5 heteroatoms. The van der Waals surface area contributed by atoms with Gasteiger partial charge in [-0.25, -0.2) is 0 Å². The highest BCUT2D eigenvalue weighted by Gasteiger charge is 2.17. The summed E-state index contributed by atoms with van der Waals surface area (Å²) in [6.07, 6.45) is 6.35. The van der Waals surface area contributed by atoms with Gasteiger partial charge in [-0.2, -0.15) is 5.10 Å². The van der Waals surface area contributed by atoms with Crippen molar-refractivity contribution in [2.75, 3.05) is 5.32 Å². The van der Waals surface area contributed by atoms with E-state index in [1.165, 1.54) is 5.56 Å². The third-order valence-electron chi connectivity index (χ3n) is 3.62. The molecule has 0 saturated heterocycles. The van der Waals surface area contributed by atoms with Gasteiger partial charge < -0.3 is 9.88 Å². The van der Waals surface area contributed by atoms with E-state index in [9.17, 15) is 4.79 Å². The molecule has 2 heterocycles. The first-order chi connectivity index (χ1) is 10.7. The topological polar surface area (TPSA) is 51.9 Å². The van der Waals surface area contributed by atoms with Gasteiger partial charge >= 0.3 is 0 Å². The van der Waals surface area contributed by atoms with Crippen molar-refractivity contribution in [2.24, 2.45) is 7.05 Å². The summed E-state index contributed by atoms with van der Waals surface area (Å²) in [5, 5.41) is 7.12. The van der Waals surface area contributed by atoms with E-state index in [0.29, 0.717) is 5.56 Å². The zero-order valence-corrected chi connectivity index (χ0v) is 12.7. The third kappa shape index (κ3) is 2.65. The first-order valence-corrected chi connectivity index (χ1v) is 7.24. The number of hydrogen-bond acceptors (Lipinski definition) is 2. The molecular formula is C17H18N4O. The summed E-state index contributed by atoms with van der Waals surface area (Å²) in [5.74, 6) is 0.578. The lowest BCUT2D eigenvalue weighted by molar-refractivity contribution is 0.102. The Bertz CT molecular complexity index is 770. The molecule has 0 aliphatic heterocycles. The summed E-state index contributed by atoms with van der Waals surface area (Å²) in [6, 6.07) is 11.7. The lowest BCUT2D eigenvalue weighted by Gasteiger charge is -2.09. The number of carbonyl (C=O) groups excluding carboxylic acids is 1. The average Bonchev–Trinajstić information content (AvgIpc) is 3.17. The summed E-state index contributed by atoms with van der Waals surface area (Å²) in [4.78, 5) is 12.5. The second kappa shape index (κ2) is 5.89. The minimum Gasteiger partial charge on any atom is -0.322 e. The van der Waals surface area contributed by atoms with Crippen molar-refractivity contribution in [3.8, 4) is 5.82 Å². The Kier molecular flexibility index (Phi) is 3.78. The molecule has 0 atom stereocenters. The van der Waals surface area contributed by atoms with Crippen LogP contribution in [0.1, 0.15) is 22.8 Å². The molecule has 0 aliphatic carbocycles. The Labute approximate surface area is 129 Å². The molecule has 3 rings (SSSR count). The number of nitrogens with one attached hydrogen (secondary N) is 1. The monoisotopic (exact) mass is 294 g/mol. The number of anilines is 1. The van der Waals surface area contributed by atoms with E-state index in [0.717, 1.165) is 17.9 Å². The summed E-state index contributed by atoms with van der Waals surface area (Å²) < 4.78 is 3.57. The van der Waals surface area contributed by atoms with Crippen LogP contribution in [0, 0.1) is 0 Å². The molecule has 3 aromatic rings. The molecule has 0 fully saturated rings. The molecule has 0 unspecified atom stereocenters. The summed E-state index contributed by atoms with van der Waals surface area (Å²) >= 11 is 0. The Balaban J connectivity index is 1.86. The van der Waals surface area contributed by atoms with Crippen LogP contribution in [-0.4, -0.2) is 20.3 Å². The number of hydrogen-bond donors (Lipinski definition) is 1. The summed E-state index contributed by atoms with van der Waals surface area (Å²) in [7, 11) is 1.82.